The molecule has 30 heavy (non-hydrogen) atoms. The van der Waals surface area contributed by atoms with Crippen molar-refractivity contribution in [2.24, 2.45) is 0 Å². The largest absolute Gasteiger partial charge is 0.444 e. The molecule has 0 saturated carbocycles. The molecule has 6 heteroatoms. The van der Waals surface area contributed by atoms with Gasteiger partial charge in [-0.05, 0) is 77.5 Å². The molecule has 0 radical (unpaired) electrons. The molecule has 4 rings (SSSR count). The lowest BCUT2D eigenvalue weighted by Gasteiger charge is -2.25. The van der Waals surface area contributed by atoms with E-state index in [2.05, 4.69) is 33.4 Å². The van der Waals surface area contributed by atoms with Crippen LogP contribution in [-0.4, -0.2) is 29.3 Å². The average molecular weight is 467 g/mol. The first-order valence-electron chi connectivity index (χ1n) is 10.1. The van der Waals surface area contributed by atoms with Crippen molar-refractivity contribution in [3.05, 3.63) is 88.3 Å². The number of hydrogen-bond acceptors (Lipinski definition) is 3. The molecule has 2 amide bonds. The molecule has 1 atom stereocenters. The Morgan fingerprint density at radius 2 is 1.90 bits per heavy atom. The molecule has 154 valence electrons. The summed E-state index contributed by atoms with van der Waals surface area (Å²) >= 11 is 3.19. The van der Waals surface area contributed by atoms with Crippen LogP contribution in [0.2, 0.25) is 0 Å². The lowest BCUT2D eigenvalue weighted by molar-refractivity contribution is 0.0730. The zero-order valence-electron chi connectivity index (χ0n) is 16.5. The number of halogens is 1. The van der Waals surface area contributed by atoms with Gasteiger partial charge in [0.1, 0.15) is 0 Å². The van der Waals surface area contributed by atoms with Gasteiger partial charge in [0, 0.05) is 23.8 Å². The summed E-state index contributed by atoms with van der Waals surface area (Å²) in [7, 11) is 0. The molecule has 1 aromatic heterocycles. The maximum absolute atomic E-state index is 13.2. The minimum Gasteiger partial charge on any atom is -0.444 e. The maximum Gasteiger partial charge on any atom is 0.291 e. The minimum absolute atomic E-state index is 0.0161. The predicted molar refractivity (Wildman–Crippen MR) is 120 cm³/mol. The van der Waals surface area contributed by atoms with E-state index in [9.17, 15) is 9.59 Å². The van der Waals surface area contributed by atoms with E-state index in [1.54, 1.807) is 36.4 Å². The molecule has 3 aromatic rings. The second-order valence-electron chi connectivity index (χ2n) is 7.46. The van der Waals surface area contributed by atoms with Gasteiger partial charge in [0.2, 0.25) is 0 Å². The van der Waals surface area contributed by atoms with E-state index in [0.29, 0.717) is 15.9 Å². The average Bonchev–Trinajstić information content (AvgIpc) is 3.41. The molecule has 1 aliphatic rings. The van der Waals surface area contributed by atoms with Gasteiger partial charge in [-0.25, -0.2) is 0 Å². The Balaban J connectivity index is 1.42. The highest BCUT2D eigenvalue weighted by Gasteiger charge is 2.29. The van der Waals surface area contributed by atoms with E-state index in [4.69, 9.17) is 4.42 Å². The van der Waals surface area contributed by atoms with E-state index in [-0.39, 0.29) is 23.6 Å². The molecule has 1 unspecified atom stereocenters. The van der Waals surface area contributed by atoms with E-state index >= 15 is 0 Å². The Morgan fingerprint density at radius 3 is 2.67 bits per heavy atom. The molecular formula is C24H23BrN2O3. The minimum atomic E-state index is -0.354. The Bertz CT molecular complexity index is 1030. The summed E-state index contributed by atoms with van der Waals surface area (Å²) < 4.78 is 5.78. The number of furan rings is 1. The Hall–Kier alpha value is -2.86. The van der Waals surface area contributed by atoms with Crippen LogP contribution in [0.25, 0.3) is 0 Å². The van der Waals surface area contributed by atoms with Crippen LogP contribution in [0.15, 0.2) is 75.8 Å². The summed E-state index contributed by atoms with van der Waals surface area (Å²) in [5.41, 5.74) is 2.45. The van der Waals surface area contributed by atoms with Crippen molar-refractivity contribution in [2.45, 2.75) is 31.7 Å². The number of anilines is 1. The highest BCUT2D eigenvalue weighted by atomic mass is 79.9. The first-order valence-corrected chi connectivity index (χ1v) is 10.9. The number of aryl methyl sites for hydroxylation is 1. The van der Waals surface area contributed by atoms with Crippen LogP contribution in [0.1, 0.15) is 45.7 Å². The molecule has 1 aliphatic heterocycles. The number of carbonyl (C=O) groups is 2. The second-order valence-corrected chi connectivity index (χ2v) is 8.24. The number of likely N-dealkylation sites (tertiary alicyclic amines) is 1. The van der Waals surface area contributed by atoms with Crippen LogP contribution in [-0.2, 0) is 6.42 Å². The van der Waals surface area contributed by atoms with E-state index < -0.39 is 0 Å². The first-order chi connectivity index (χ1) is 14.6. The van der Waals surface area contributed by atoms with Crippen molar-refractivity contribution in [3.8, 4) is 0 Å². The third-order valence-corrected chi connectivity index (χ3v) is 5.84. The molecular weight excluding hydrogens is 444 g/mol. The molecule has 5 nitrogen and oxygen atoms in total. The van der Waals surface area contributed by atoms with Crippen molar-refractivity contribution in [3.63, 3.8) is 0 Å². The van der Waals surface area contributed by atoms with Gasteiger partial charge in [-0.1, -0.05) is 36.4 Å². The first kappa shape index (κ1) is 20.4. The zero-order chi connectivity index (χ0) is 20.9. The summed E-state index contributed by atoms with van der Waals surface area (Å²) in [5, 5.41) is 2.79. The highest BCUT2D eigenvalue weighted by molar-refractivity contribution is 9.10. The molecule has 1 fully saturated rings. The van der Waals surface area contributed by atoms with Crippen LogP contribution in [0, 0.1) is 0 Å². The van der Waals surface area contributed by atoms with Crippen LogP contribution < -0.4 is 5.32 Å². The Labute approximate surface area is 184 Å². The summed E-state index contributed by atoms with van der Waals surface area (Å²) in [5.74, 6) is -0.131. The lowest BCUT2D eigenvalue weighted by atomic mass is 10.0. The molecule has 2 aromatic carbocycles. The molecule has 2 heterocycles. The number of amides is 2. The number of carbonyl (C=O) groups excluding carboxylic acids is 2. The fraction of sp³-hybridized carbons (Fsp3) is 0.250. The highest BCUT2D eigenvalue weighted by Crippen LogP contribution is 2.25. The van der Waals surface area contributed by atoms with Crippen LogP contribution in [0.4, 0.5) is 5.69 Å². The molecule has 1 saturated heterocycles. The number of hydrogen-bond donors (Lipinski definition) is 1. The van der Waals surface area contributed by atoms with Gasteiger partial charge >= 0.3 is 0 Å². The molecule has 0 aliphatic carbocycles. The van der Waals surface area contributed by atoms with Gasteiger partial charge < -0.3 is 14.6 Å². The summed E-state index contributed by atoms with van der Waals surface area (Å²) in [6.45, 7) is 0.773. The predicted octanol–water partition coefficient (Wildman–Crippen LogP) is 5.53. The quantitative estimate of drug-likeness (QED) is 0.519. The Kier molecular flexibility index (Phi) is 6.33. The van der Waals surface area contributed by atoms with Crippen molar-refractivity contribution < 1.29 is 14.0 Å². The van der Waals surface area contributed by atoms with E-state index in [1.807, 2.05) is 23.1 Å². The molecule has 1 N–H and O–H groups in total. The molecule has 0 bridgehead atoms. The number of nitrogens with one attached hydrogen (secondary N) is 1. The van der Waals surface area contributed by atoms with Crippen LogP contribution in [0.3, 0.4) is 0 Å². The second kappa shape index (κ2) is 9.30. The lowest BCUT2D eigenvalue weighted by Crippen LogP contribution is -2.35. The number of benzene rings is 2. The van der Waals surface area contributed by atoms with Crippen molar-refractivity contribution in [1.29, 1.82) is 0 Å². The van der Waals surface area contributed by atoms with Crippen molar-refractivity contribution in [2.75, 3.05) is 11.9 Å². The maximum atomic E-state index is 13.2. The van der Waals surface area contributed by atoms with Gasteiger partial charge in [-0.15, -0.1) is 0 Å². The van der Waals surface area contributed by atoms with E-state index in [1.165, 1.54) is 5.56 Å². The normalized spacial score (nSPS) is 15.9. The van der Waals surface area contributed by atoms with Gasteiger partial charge in [-0.2, -0.15) is 0 Å². The van der Waals surface area contributed by atoms with Crippen LogP contribution >= 0.6 is 15.9 Å². The summed E-state index contributed by atoms with van der Waals surface area (Å²) in [4.78, 5) is 27.5. The molecule has 0 spiro atoms. The van der Waals surface area contributed by atoms with Gasteiger partial charge in [-0.3, -0.25) is 9.59 Å². The number of nitrogens with zero attached hydrogens (tertiary/aromatic N) is 1. The van der Waals surface area contributed by atoms with Crippen molar-refractivity contribution in [1.82, 2.24) is 4.90 Å². The zero-order valence-corrected chi connectivity index (χ0v) is 18.1. The topological polar surface area (TPSA) is 62.6 Å². The standard InChI is InChI=1S/C24H23BrN2O3/c25-22-14-13-21(30-22)23(28)26-19-9-4-8-18(16-19)24(29)27-15-5-10-20(27)12-11-17-6-2-1-3-7-17/h1-4,6-9,13-14,16,20H,5,10-12,15H2,(H,26,28). The fourth-order valence-corrected chi connectivity index (χ4v) is 4.21. The van der Waals surface area contributed by atoms with Gasteiger partial charge in [0.05, 0.1) is 0 Å². The fourth-order valence-electron chi connectivity index (χ4n) is 3.91. The third-order valence-electron chi connectivity index (χ3n) is 5.41. The SMILES string of the molecule is O=C(Nc1cccc(C(=O)N2CCCC2CCc2ccccc2)c1)c1ccc(Br)o1. The van der Waals surface area contributed by atoms with Crippen molar-refractivity contribution >= 4 is 33.4 Å². The smallest absolute Gasteiger partial charge is 0.291 e. The monoisotopic (exact) mass is 466 g/mol. The summed E-state index contributed by atoms with van der Waals surface area (Å²) in [6, 6.07) is 21.0. The van der Waals surface area contributed by atoms with Gasteiger partial charge in [0.15, 0.2) is 10.4 Å². The van der Waals surface area contributed by atoms with Crippen LogP contribution in [0.5, 0.6) is 0 Å². The van der Waals surface area contributed by atoms with Gasteiger partial charge in [0.25, 0.3) is 11.8 Å². The third kappa shape index (κ3) is 4.82. The Morgan fingerprint density at radius 1 is 1.07 bits per heavy atom. The number of rotatable bonds is 6. The summed E-state index contributed by atoms with van der Waals surface area (Å²) in [6.07, 6.45) is 3.97. The van der Waals surface area contributed by atoms with E-state index in [0.717, 1.165) is 32.2 Å².